The molecule has 8 heteroatoms. The fourth-order valence-electron chi connectivity index (χ4n) is 5.75. The smallest absolute Gasteiger partial charge is 0.341 e. The van der Waals surface area contributed by atoms with Crippen LogP contribution in [0.1, 0.15) is 36.8 Å². The van der Waals surface area contributed by atoms with Gasteiger partial charge in [0.05, 0.1) is 17.6 Å². The van der Waals surface area contributed by atoms with Gasteiger partial charge >= 0.3 is 5.82 Å². The van der Waals surface area contributed by atoms with E-state index < -0.39 is 11.9 Å². The Kier molecular flexibility index (Phi) is 6.04. The van der Waals surface area contributed by atoms with Crippen molar-refractivity contribution in [3.05, 3.63) is 124 Å². The van der Waals surface area contributed by atoms with Crippen molar-refractivity contribution >= 4 is 39.1 Å². The molecule has 206 valence electrons. The van der Waals surface area contributed by atoms with Crippen LogP contribution >= 0.6 is 0 Å². The quantitative estimate of drug-likeness (QED) is 0.227. The number of anilines is 1. The first kappa shape index (κ1) is 25.6. The first-order valence-electron chi connectivity index (χ1n) is 13.7. The Morgan fingerprint density at radius 3 is 2.57 bits per heavy atom. The van der Waals surface area contributed by atoms with E-state index in [0.717, 1.165) is 33.4 Å². The summed E-state index contributed by atoms with van der Waals surface area (Å²) >= 11 is 0. The van der Waals surface area contributed by atoms with Gasteiger partial charge in [-0.1, -0.05) is 42.5 Å². The molecule has 1 aliphatic rings. The molecular formula is C34H26FN4O3+. The van der Waals surface area contributed by atoms with Crippen LogP contribution in [0.2, 0.25) is 0 Å². The number of hydrogen-bond donors (Lipinski definition) is 1. The average Bonchev–Trinajstić information content (AvgIpc) is 2.98. The van der Waals surface area contributed by atoms with Crippen molar-refractivity contribution in [2.75, 3.05) is 12.3 Å². The maximum Gasteiger partial charge on any atom is 0.341 e. The van der Waals surface area contributed by atoms with Crippen LogP contribution in [0.4, 0.5) is 16.0 Å². The predicted octanol–water partition coefficient (Wildman–Crippen LogP) is 6.78. The highest BCUT2D eigenvalue weighted by molar-refractivity contribution is 6.19. The zero-order valence-electron chi connectivity index (χ0n) is 23.0. The third kappa shape index (κ3) is 4.03. The van der Waals surface area contributed by atoms with Gasteiger partial charge in [-0.15, -0.1) is 0 Å². The standard InChI is InChI=1S/C34H25FN4O3/c1-3-41-25-14-13-20-15-23(12-11-21(20)17-25)30-29-33(36)37-18-38-34(29)39(30)19(2)32-28(22-7-6-8-24(35)16-22)31(40)26-9-4-5-10-27(26)42-32/h4-19,36H,3H2,1-2H3/p+1. The van der Waals surface area contributed by atoms with Crippen molar-refractivity contribution in [3.8, 4) is 16.9 Å². The molecule has 42 heavy (non-hydrogen) atoms. The molecule has 0 saturated heterocycles. The second-order valence-electron chi connectivity index (χ2n) is 10.2. The number of nitrogen functional groups attached to an aromatic ring is 1. The Hall–Kier alpha value is -5.37. The predicted molar refractivity (Wildman–Crippen MR) is 161 cm³/mol. The number of rotatable bonds is 6. The number of para-hydroxylation sites is 1. The first-order chi connectivity index (χ1) is 20.4. The van der Waals surface area contributed by atoms with Crippen LogP contribution in [0.5, 0.6) is 5.75 Å². The van der Waals surface area contributed by atoms with E-state index in [1.165, 1.54) is 18.5 Å². The Morgan fingerprint density at radius 2 is 1.74 bits per heavy atom. The molecule has 2 aromatic heterocycles. The molecule has 0 amide bonds. The summed E-state index contributed by atoms with van der Waals surface area (Å²) in [5.41, 5.74) is 9.78. The first-order valence-corrected chi connectivity index (χ1v) is 13.7. The van der Waals surface area contributed by atoms with Gasteiger partial charge in [-0.3, -0.25) is 4.79 Å². The van der Waals surface area contributed by atoms with Gasteiger partial charge in [-0.2, -0.15) is 4.98 Å². The van der Waals surface area contributed by atoms with Gasteiger partial charge in [0.25, 0.3) is 0 Å². The highest BCUT2D eigenvalue weighted by atomic mass is 19.1. The van der Waals surface area contributed by atoms with Crippen LogP contribution in [0, 0.1) is 5.82 Å². The molecule has 1 unspecified atom stereocenters. The number of hydrogen-bond acceptors (Lipinski definition) is 6. The minimum absolute atomic E-state index is 0.232. The Morgan fingerprint density at radius 1 is 0.929 bits per heavy atom. The summed E-state index contributed by atoms with van der Waals surface area (Å²) in [7, 11) is 0. The van der Waals surface area contributed by atoms with Crippen LogP contribution in [0.3, 0.4) is 0 Å². The fourth-order valence-corrected chi connectivity index (χ4v) is 5.75. The van der Waals surface area contributed by atoms with E-state index in [9.17, 15) is 9.18 Å². The zero-order chi connectivity index (χ0) is 29.0. The molecule has 1 atom stereocenters. The SMILES string of the molecule is CCOc1ccc2cc(C3=[N+](C(C)c4oc5ccccc5c(=O)c4-c4cccc(F)c4)c4ncnc(N)c43)ccc2c1. The number of fused-ring (bicyclic) bond motifs is 3. The van der Waals surface area contributed by atoms with Gasteiger partial charge in [0.2, 0.25) is 11.8 Å². The average molecular weight is 558 g/mol. The van der Waals surface area contributed by atoms with Gasteiger partial charge in [-0.05, 0) is 77.6 Å². The van der Waals surface area contributed by atoms with E-state index in [1.807, 2.05) is 54.8 Å². The minimum Gasteiger partial charge on any atom is -0.494 e. The minimum atomic E-state index is -0.506. The van der Waals surface area contributed by atoms with Gasteiger partial charge in [-0.25, -0.2) is 8.97 Å². The molecule has 0 aliphatic carbocycles. The lowest BCUT2D eigenvalue weighted by molar-refractivity contribution is -0.504. The number of nitrogens with two attached hydrogens (primary N) is 1. The number of ether oxygens (including phenoxy) is 1. The number of aromatic nitrogens is 2. The molecule has 0 spiro atoms. The summed E-state index contributed by atoms with van der Waals surface area (Å²) in [4.78, 5) is 22.7. The number of benzene rings is 4. The molecule has 2 N–H and O–H groups in total. The molecule has 3 heterocycles. The topological polar surface area (TPSA) is 94.2 Å². The molecule has 0 saturated carbocycles. The van der Waals surface area contributed by atoms with E-state index in [-0.39, 0.29) is 5.43 Å². The second-order valence-corrected chi connectivity index (χ2v) is 10.2. The Balaban J connectivity index is 1.46. The lowest BCUT2D eigenvalue weighted by Gasteiger charge is -2.27. The van der Waals surface area contributed by atoms with Crippen molar-refractivity contribution in [2.24, 2.45) is 0 Å². The lowest BCUT2D eigenvalue weighted by Crippen LogP contribution is -2.34. The summed E-state index contributed by atoms with van der Waals surface area (Å²) in [6, 6.07) is 24.7. The summed E-state index contributed by atoms with van der Waals surface area (Å²) < 4.78 is 28.5. The van der Waals surface area contributed by atoms with E-state index in [4.69, 9.17) is 14.9 Å². The normalized spacial score (nSPS) is 13.2. The summed E-state index contributed by atoms with van der Waals surface area (Å²) in [6.45, 7) is 4.48. The molecule has 6 aromatic rings. The van der Waals surface area contributed by atoms with Gasteiger partial charge < -0.3 is 14.9 Å². The van der Waals surface area contributed by atoms with E-state index in [1.54, 1.807) is 30.3 Å². The third-order valence-electron chi connectivity index (χ3n) is 7.66. The molecule has 7 nitrogen and oxygen atoms in total. The Labute approximate surface area is 240 Å². The lowest BCUT2D eigenvalue weighted by atomic mass is 9.92. The summed E-state index contributed by atoms with van der Waals surface area (Å²) in [5.74, 6) is 1.74. The molecule has 4 aromatic carbocycles. The molecule has 0 fully saturated rings. The molecule has 1 aliphatic heterocycles. The van der Waals surface area contributed by atoms with Crippen LogP contribution in [-0.4, -0.2) is 26.9 Å². The van der Waals surface area contributed by atoms with Crippen LogP contribution in [0.25, 0.3) is 32.9 Å². The summed E-state index contributed by atoms with van der Waals surface area (Å²) in [6.07, 6.45) is 1.42. The zero-order valence-corrected chi connectivity index (χ0v) is 23.0. The van der Waals surface area contributed by atoms with Crippen molar-refractivity contribution in [1.29, 1.82) is 0 Å². The van der Waals surface area contributed by atoms with Crippen LogP contribution in [0.15, 0.2) is 100 Å². The monoisotopic (exact) mass is 557 g/mol. The fraction of sp³-hybridized carbons (Fsp3) is 0.118. The Bertz CT molecular complexity index is 2140. The van der Waals surface area contributed by atoms with Gasteiger partial charge in [0.15, 0.2) is 23.1 Å². The van der Waals surface area contributed by atoms with Gasteiger partial charge in [0, 0.05) is 5.56 Å². The highest BCUT2D eigenvalue weighted by Crippen LogP contribution is 2.42. The number of nitrogens with zero attached hydrogens (tertiary/aromatic N) is 3. The van der Waals surface area contributed by atoms with E-state index in [0.29, 0.717) is 46.1 Å². The largest absolute Gasteiger partial charge is 0.494 e. The van der Waals surface area contributed by atoms with Gasteiger partial charge in [0.1, 0.15) is 23.0 Å². The van der Waals surface area contributed by atoms with E-state index >= 15 is 0 Å². The van der Waals surface area contributed by atoms with Crippen molar-refractivity contribution < 1.29 is 18.1 Å². The molecule has 7 rings (SSSR count). The molecular weight excluding hydrogens is 531 g/mol. The van der Waals surface area contributed by atoms with Crippen molar-refractivity contribution in [3.63, 3.8) is 0 Å². The van der Waals surface area contributed by atoms with Crippen molar-refractivity contribution in [2.45, 2.75) is 19.9 Å². The molecule has 0 bridgehead atoms. The van der Waals surface area contributed by atoms with Crippen LogP contribution in [-0.2, 0) is 0 Å². The van der Waals surface area contributed by atoms with Crippen LogP contribution < -0.4 is 15.9 Å². The number of halogens is 1. The van der Waals surface area contributed by atoms with Crippen molar-refractivity contribution in [1.82, 2.24) is 9.97 Å². The maximum absolute atomic E-state index is 14.4. The third-order valence-corrected chi connectivity index (χ3v) is 7.66. The summed E-state index contributed by atoms with van der Waals surface area (Å²) in [5, 5.41) is 2.49. The second kappa shape index (κ2) is 9.92. The molecule has 0 radical (unpaired) electrons. The maximum atomic E-state index is 14.4. The highest BCUT2D eigenvalue weighted by Gasteiger charge is 2.44. The van der Waals surface area contributed by atoms with E-state index in [2.05, 4.69) is 16.0 Å².